The van der Waals surface area contributed by atoms with Gasteiger partial charge in [0.1, 0.15) is 24.0 Å². The molecular weight excluding hydrogens is 446 g/mol. The number of hydrogen-bond acceptors (Lipinski definition) is 8. The predicted molar refractivity (Wildman–Crippen MR) is 120 cm³/mol. The van der Waals surface area contributed by atoms with Crippen molar-refractivity contribution >= 4 is 17.1 Å². The number of nitrogens with zero attached hydrogens (tertiary/aromatic N) is 6. The second-order valence-corrected chi connectivity index (χ2v) is 8.68. The topological polar surface area (TPSA) is 158 Å². The van der Waals surface area contributed by atoms with E-state index in [4.69, 9.17) is 4.74 Å². The molecule has 34 heavy (non-hydrogen) atoms. The minimum atomic E-state index is -1.30. The van der Waals surface area contributed by atoms with Crippen molar-refractivity contribution in [3.63, 3.8) is 0 Å². The van der Waals surface area contributed by atoms with Gasteiger partial charge in [-0.3, -0.25) is 23.4 Å². The minimum absolute atomic E-state index is 0.00607. The minimum Gasteiger partial charge on any atom is -0.388 e. The maximum absolute atomic E-state index is 12.4. The standard InChI is InChI=1S/C21H29N7O6/c1-11-12(7-23-27(11)4)5-6-15(29)24-13-9-34-14(18(31)17(13)30)8-28-10-22-16-19(28)25(2)21(33)26(3)20(16)32/h7,10,13-14,17-18,30-31H,5-6,8-9H2,1-4H3,(H,24,29)/t13-,14-,17+,18-/m1/s1. The van der Waals surface area contributed by atoms with Gasteiger partial charge in [-0.25, -0.2) is 9.78 Å². The molecule has 1 amide bonds. The molecule has 4 rings (SSSR count). The number of amides is 1. The number of carbonyl (C=O) groups is 1. The quantitative estimate of drug-likeness (QED) is 0.360. The Morgan fingerprint density at radius 2 is 1.94 bits per heavy atom. The van der Waals surface area contributed by atoms with E-state index in [1.165, 1.54) is 29.6 Å². The first kappa shape index (κ1) is 23.9. The first-order valence-corrected chi connectivity index (χ1v) is 11.0. The first-order chi connectivity index (χ1) is 16.1. The molecule has 1 aliphatic rings. The molecule has 0 spiro atoms. The summed E-state index contributed by atoms with van der Waals surface area (Å²) in [6.07, 6.45) is 0.432. The third-order valence-corrected chi connectivity index (χ3v) is 6.52. The number of aliphatic hydroxyl groups is 2. The Labute approximate surface area is 194 Å². The lowest BCUT2D eigenvalue weighted by atomic mass is 9.97. The second kappa shape index (κ2) is 9.16. The average molecular weight is 476 g/mol. The van der Waals surface area contributed by atoms with Crippen LogP contribution in [0, 0.1) is 6.92 Å². The fourth-order valence-corrected chi connectivity index (χ4v) is 4.25. The van der Waals surface area contributed by atoms with Crippen LogP contribution in [0.3, 0.4) is 0 Å². The monoisotopic (exact) mass is 475 g/mol. The third kappa shape index (κ3) is 4.17. The molecule has 3 aromatic rings. The maximum atomic E-state index is 12.4. The lowest BCUT2D eigenvalue weighted by Crippen LogP contribution is -2.60. The lowest BCUT2D eigenvalue weighted by Gasteiger charge is -2.38. The third-order valence-electron chi connectivity index (χ3n) is 6.52. The zero-order valence-corrected chi connectivity index (χ0v) is 19.5. The number of imidazole rings is 1. The molecule has 0 aromatic carbocycles. The van der Waals surface area contributed by atoms with Crippen LogP contribution >= 0.6 is 0 Å². The van der Waals surface area contributed by atoms with Crippen LogP contribution in [0.25, 0.3) is 11.2 Å². The number of aromatic nitrogens is 6. The summed E-state index contributed by atoms with van der Waals surface area (Å²) in [6, 6.07) is -0.773. The lowest BCUT2D eigenvalue weighted by molar-refractivity contribution is -0.158. The molecule has 1 fully saturated rings. The van der Waals surface area contributed by atoms with E-state index >= 15 is 0 Å². The summed E-state index contributed by atoms with van der Waals surface area (Å²) in [7, 11) is 4.73. The van der Waals surface area contributed by atoms with Gasteiger partial charge in [0.2, 0.25) is 5.91 Å². The highest BCUT2D eigenvalue weighted by molar-refractivity contribution is 5.76. The van der Waals surface area contributed by atoms with Crippen LogP contribution in [-0.2, 0) is 43.6 Å². The molecule has 1 aliphatic heterocycles. The smallest absolute Gasteiger partial charge is 0.332 e. The molecule has 1 saturated heterocycles. The maximum Gasteiger partial charge on any atom is 0.332 e. The fourth-order valence-electron chi connectivity index (χ4n) is 4.25. The van der Waals surface area contributed by atoms with Crippen LogP contribution in [0.4, 0.5) is 0 Å². The van der Waals surface area contributed by atoms with Crippen molar-refractivity contribution in [2.45, 2.75) is 50.7 Å². The van der Waals surface area contributed by atoms with Gasteiger partial charge in [-0.2, -0.15) is 5.10 Å². The zero-order valence-electron chi connectivity index (χ0n) is 19.5. The van der Waals surface area contributed by atoms with Crippen molar-refractivity contribution in [3.8, 4) is 0 Å². The van der Waals surface area contributed by atoms with Gasteiger partial charge in [-0.05, 0) is 18.9 Å². The van der Waals surface area contributed by atoms with Crippen LogP contribution in [0.2, 0.25) is 0 Å². The zero-order chi connectivity index (χ0) is 24.7. The Kier molecular flexibility index (Phi) is 6.43. The molecule has 0 saturated carbocycles. The van der Waals surface area contributed by atoms with E-state index in [0.717, 1.165) is 15.8 Å². The van der Waals surface area contributed by atoms with E-state index in [1.807, 2.05) is 14.0 Å². The van der Waals surface area contributed by atoms with Gasteiger partial charge in [-0.1, -0.05) is 0 Å². The number of ether oxygens (including phenoxy) is 1. The number of rotatable bonds is 6. The van der Waals surface area contributed by atoms with Gasteiger partial charge in [0.25, 0.3) is 5.56 Å². The summed E-state index contributed by atoms with van der Waals surface area (Å²) in [6.45, 7) is 1.97. The molecule has 184 valence electrons. The Hall–Kier alpha value is -3.29. The molecule has 0 bridgehead atoms. The van der Waals surface area contributed by atoms with Crippen LogP contribution in [0.1, 0.15) is 17.7 Å². The molecule has 3 aromatic heterocycles. The summed E-state index contributed by atoms with van der Waals surface area (Å²) in [5.74, 6) is -0.270. The largest absolute Gasteiger partial charge is 0.388 e. The van der Waals surface area contributed by atoms with Crippen molar-refractivity contribution in [2.24, 2.45) is 21.1 Å². The van der Waals surface area contributed by atoms with Gasteiger partial charge in [0.15, 0.2) is 5.52 Å². The van der Waals surface area contributed by atoms with E-state index < -0.39 is 35.6 Å². The molecule has 0 aliphatic carbocycles. The highest BCUT2D eigenvalue weighted by atomic mass is 16.5. The molecule has 0 radical (unpaired) electrons. The summed E-state index contributed by atoms with van der Waals surface area (Å²) in [5.41, 5.74) is 1.33. The van der Waals surface area contributed by atoms with E-state index in [0.29, 0.717) is 12.1 Å². The van der Waals surface area contributed by atoms with E-state index in [1.54, 1.807) is 10.9 Å². The summed E-state index contributed by atoms with van der Waals surface area (Å²) >= 11 is 0. The Bertz CT molecular complexity index is 1340. The molecular formula is C21H29N7O6. The Morgan fingerprint density at radius 1 is 1.21 bits per heavy atom. The van der Waals surface area contributed by atoms with Crippen LogP contribution in [0.5, 0.6) is 0 Å². The Balaban J connectivity index is 1.41. The molecule has 4 heterocycles. The highest BCUT2D eigenvalue weighted by Gasteiger charge is 2.39. The number of aryl methyl sites for hydroxylation is 3. The van der Waals surface area contributed by atoms with Crippen LogP contribution in [-0.4, -0.2) is 75.5 Å². The summed E-state index contributed by atoms with van der Waals surface area (Å²) in [4.78, 5) is 41.1. The summed E-state index contributed by atoms with van der Waals surface area (Å²) in [5, 5.41) is 28.2. The van der Waals surface area contributed by atoms with E-state index in [9.17, 15) is 24.6 Å². The molecule has 13 heteroatoms. The van der Waals surface area contributed by atoms with Crippen molar-refractivity contribution in [3.05, 3.63) is 44.6 Å². The summed E-state index contributed by atoms with van der Waals surface area (Å²) < 4.78 is 11.3. The van der Waals surface area contributed by atoms with Crippen molar-refractivity contribution in [1.29, 1.82) is 0 Å². The van der Waals surface area contributed by atoms with Gasteiger partial charge in [0, 0.05) is 33.3 Å². The average Bonchev–Trinajstić information content (AvgIpc) is 3.38. The van der Waals surface area contributed by atoms with Crippen molar-refractivity contribution in [1.82, 2.24) is 33.8 Å². The normalized spacial score (nSPS) is 22.9. The van der Waals surface area contributed by atoms with Gasteiger partial charge in [0.05, 0.1) is 31.7 Å². The number of carbonyl (C=O) groups excluding carboxylic acids is 1. The number of nitrogens with one attached hydrogen (secondary N) is 1. The van der Waals surface area contributed by atoms with E-state index in [2.05, 4.69) is 15.4 Å². The molecule has 4 atom stereocenters. The predicted octanol–water partition coefficient (Wildman–Crippen LogP) is -2.29. The Morgan fingerprint density at radius 3 is 2.62 bits per heavy atom. The van der Waals surface area contributed by atoms with Crippen LogP contribution < -0.4 is 16.6 Å². The number of fused-ring (bicyclic) bond motifs is 1. The van der Waals surface area contributed by atoms with Gasteiger partial charge < -0.3 is 24.8 Å². The van der Waals surface area contributed by atoms with Crippen LogP contribution in [0.15, 0.2) is 22.1 Å². The SMILES string of the molecule is Cc1c(CCC(=O)N[C@@H]2CO[C@H](Cn3cnc4c(=O)n(C)c(=O)n(C)c43)[C@@H](O)[C@H]2O)cnn1C. The van der Waals surface area contributed by atoms with Gasteiger partial charge >= 0.3 is 5.69 Å². The highest BCUT2D eigenvalue weighted by Crippen LogP contribution is 2.19. The van der Waals surface area contributed by atoms with E-state index in [-0.39, 0.29) is 31.0 Å². The van der Waals surface area contributed by atoms with Gasteiger partial charge in [-0.15, -0.1) is 0 Å². The molecule has 0 unspecified atom stereocenters. The number of hydrogen-bond donors (Lipinski definition) is 3. The molecule has 13 nitrogen and oxygen atoms in total. The van der Waals surface area contributed by atoms with Crippen molar-refractivity contribution < 1.29 is 19.7 Å². The molecule has 3 N–H and O–H groups in total. The fraction of sp³-hybridized carbons (Fsp3) is 0.571. The second-order valence-electron chi connectivity index (χ2n) is 8.68. The first-order valence-electron chi connectivity index (χ1n) is 11.0. The van der Waals surface area contributed by atoms with Crippen molar-refractivity contribution in [2.75, 3.05) is 6.61 Å². The number of aliphatic hydroxyl groups excluding tert-OH is 2.